The molecule has 1 aliphatic rings. The van der Waals surface area contributed by atoms with Gasteiger partial charge in [-0.3, -0.25) is 0 Å². The van der Waals surface area contributed by atoms with Crippen LogP contribution in [-0.2, 0) is 18.5 Å². The van der Waals surface area contributed by atoms with Crippen molar-refractivity contribution in [2.75, 3.05) is 0 Å². The van der Waals surface area contributed by atoms with E-state index in [2.05, 4.69) is 142 Å². The maximum absolute atomic E-state index is 7.15. The molecule has 0 aliphatic carbocycles. The first kappa shape index (κ1) is 35.9. The normalized spacial score (nSPS) is 19.0. The van der Waals surface area contributed by atoms with Gasteiger partial charge in [-0.2, -0.15) is 0 Å². The van der Waals surface area contributed by atoms with E-state index in [4.69, 9.17) is 18.5 Å². The van der Waals surface area contributed by atoms with Gasteiger partial charge in [0.15, 0.2) is 5.79 Å². The number of ether oxygens (including phenoxy) is 2. The minimum Gasteiger partial charge on any atom is -0.344 e. The third-order valence-corrected chi connectivity index (χ3v) is 12.4. The Kier molecular flexibility index (Phi) is 11.1. The molecule has 0 spiro atoms. The molecule has 4 atom stereocenters. The van der Waals surface area contributed by atoms with Gasteiger partial charge in [0, 0.05) is 21.2 Å². The third kappa shape index (κ3) is 8.98. The second-order valence-electron chi connectivity index (χ2n) is 14.2. The van der Waals surface area contributed by atoms with Crippen LogP contribution in [0.4, 0.5) is 0 Å². The fraction of sp³-hybridized carbons (Fsp3) is 0.415. The van der Waals surface area contributed by atoms with Crippen molar-refractivity contribution in [3.05, 3.63) is 117 Å². The summed E-state index contributed by atoms with van der Waals surface area (Å²) < 4.78 is 27.6. The van der Waals surface area contributed by atoms with Crippen LogP contribution < -0.4 is 21.2 Å². The highest BCUT2D eigenvalue weighted by Crippen LogP contribution is 2.45. The molecule has 1 saturated heterocycles. The Hall–Kier alpha value is -2.42. The van der Waals surface area contributed by atoms with E-state index >= 15 is 0 Å². The molecule has 4 aromatic carbocycles. The zero-order valence-corrected chi connectivity index (χ0v) is 32.1. The largest absolute Gasteiger partial charge is 0.344 e. The molecule has 47 heavy (non-hydrogen) atoms. The second kappa shape index (κ2) is 14.6. The minimum atomic E-state index is -1.12. The van der Waals surface area contributed by atoms with Gasteiger partial charge in [0.1, 0.15) is 12.2 Å². The first-order valence-corrected chi connectivity index (χ1v) is 19.2. The summed E-state index contributed by atoms with van der Waals surface area (Å²) in [6.45, 7) is 25.5. The van der Waals surface area contributed by atoms with Crippen molar-refractivity contribution in [2.24, 2.45) is 0 Å². The van der Waals surface area contributed by atoms with Crippen molar-refractivity contribution < 1.29 is 18.5 Å². The van der Waals surface area contributed by atoms with E-state index in [9.17, 15) is 0 Å². The SMILES string of the molecule is Cc1cc(C)cc(P(O[C@H](C)[C@H]2OC(C)(C)O[C@@H]2[C@@H](C)OP(c2cc(C)cc(C)c2)c2cc(C)cc(C)c2)c2cc(C)cc(C)c2)c1. The summed E-state index contributed by atoms with van der Waals surface area (Å²) in [6, 6.07) is 27.0. The van der Waals surface area contributed by atoms with Crippen LogP contribution in [0.25, 0.3) is 0 Å². The lowest BCUT2D eigenvalue weighted by atomic mass is 10.1. The van der Waals surface area contributed by atoms with Gasteiger partial charge in [-0.05, 0) is 132 Å². The zero-order valence-electron chi connectivity index (χ0n) is 30.3. The summed E-state index contributed by atoms with van der Waals surface area (Å²) in [7, 11) is -2.23. The predicted octanol–water partition coefficient (Wildman–Crippen LogP) is 8.88. The number of benzene rings is 4. The monoisotopic (exact) mass is 670 g/mol. The molecule has 0 amide bonds. The van der Waals surface area contributed by atoms with Gasteiger partial charge in [-0.1, -0.05) is 68.8 Å². The first-order valence-electron chi connectivity index (χ1n) is 16.7. The first-order chi connectivity index (χ1) is 22.1. The molecule has 250 valence electrons. The summed E-state index contributed by atoms with van der Waals surface area (Å²) in [5, 5.41) is 4.84. The van der Waals surface area contributed by atoms with E-state index in [0.717, 1.165) is 0 Å². The van der Waals surface area contributed by atoms with Gasteiger partial charge in [0.25, 0.3) is 0 Å². The lowest BCUT2D eigenvalue weighted by Gasteiger charge is -2.32. The Morgan fingerprint density at radius 1 is 0.447 bits per heavy atom. The van der Waals surface area contributed by atoms with Crippen molar-refractivity contribution >= 4 is 37.5 Å². The van der Waals surface area contributed by atoms with Gasteiger partial charge in [0.2, 0.25) is 0 Å². The van der Waals surface area contributed by atoms with E-state index < -0.39 is 22.1 Å². The summed E-state index contributed by atoms with van der Waals surface area (Å²) in [5.41, 5.74) is 9.89. The molecule has 0 N–H and O–H groups in total. The van der Waals surface area contributed by atoms with Gasteiger partial charge < -0.3 is 18.5 Å². The third-order valence-electron chi connectivity index (χ3n) is 8.40. The smallest absolute Gasteiger partial charge is 0.164 e. The highest BCUT2D eigenvalue weighted by atomic mass is 31.1. The van der Waals surface area contributed by atoms with Gasteiger partial charge in [-0.15, -0.1) is 0 Å². The van der Waals surface area contributed by atoms with Gasteiger partial charge in [0.05, 0.1) is 28.5 Å². The van der Waals surface area contributed by atoms with Crippen LogP contribution in [0.2, 0.25) is 0 Å². The van der Waals surface area contributed by atoms with Crippen molar-refractivity contribution in [3.8, 4) is 0 Å². The Balaban J connectivity index is 1.48. The van der Waals surface area contributed by atoms with E-state index in [1.165, 1.54) is 65.7 Å². The molecule has 1 fully saturated rings. The lowest BCUT2D eigenvalue weighted by molar-refractivity contribution is -0.156. The standard InChI is InChI=1S/C41H52O4P2/c1-25-13-26(2)18-35(17-25)46(36-19-27(3)14-28(4)20-36)44-33(9)39-40(43-41(11,12)42-39)34(10)45-47(37-21-29(5)15-30(6)22-37)38-23-31(7)16-32(8)24-38/h13-24,33-34,39-40H,1-12H3/t33-,34-,39-,40-/m1/s1. The van der Waals surface area contributed by atoms with Crippen molar-refractivity contribution in [1.82, 2.24) is 0 Å². The Morgan fingerprint density at radius 3 is 0.872 bits per heavy atom. The van der Waals surface area contributed by atoms with Crippen LogP contribution in [-0.4, -0.2) is 30.2 Å². The van der Waals surface area contributed by atoms with Crippen LogP contribution in [0, 0.1) is 55.4 Å². The van der Waals surface area contributed by atoms with Crippen molar-refractivity contribution in [2.45, 2.75) is 113 Å². The molecule has 1 heterocycles. The molecule has 5 rings (SSSR count). The number of rotatable bonds is 10. The topological polar surface area (TPSA) is 36.9 Å². The van der Waals surface area contributed by atoms with E-state index in [0.29, 0.717) is 0 Å². The van der Waals surface area contributed by atoms with E-state index in [1.54, 1.807) is 0 Å². The molecule has 4 aromatic rings. The fourth-order valence-electron chi connectivity index (χ4n) is 6.81. The van der Waals surface area contributed by atoms with Crippen LogP contribution in [0.3, 0.4) is 0 Å². The highest BCUT2D eigenvalue weighted by Gasteiger charge is 2.48. The molecule has 0 radical (unpaired) electrons. The van der Waals surface area contributed by atoms with Crippen LogP contribution in [0.15, 0.2) is 72.8 Å². The maximum atomic E-state index is 7.15. The fourth-order valence-corrected chi connectivity index (χ4v) is 11.4. The predicted molar refractivity (Wildman–Crippen MR) is 201 cm³/mol. The molecule has 6 heteroatoms. The maximum Gasteiger partial charge on any atom is 0.164 e. The molecule has 1 aliphatic heterocycles. The van der Waals surface area contributed by atoms with E-state index in [-0.39, 0.29) is 24.4 Å². The molecule has 0 unspecified atom stereocenters. The van der Waals surface area contributed by atoms with Crippen molar-refractivity contribution in [3.63, 3.8) is 0 Å². The number of hydrogen-bond donors (Lipinski definition) is 0. The Morgan fingerprint density at radius 2 is 0.660 bits per heavy atom. The molecule has 0 saturated carbocycles. The number of aryl methyl sites for hydroxylation is 8. The van der Waals surface area contributed by atoms with Crippen LogP contribution in [0.1, 0.15) is 72.2 Å². The van der Waals surface area contributed by atoms with E-state index in [1.807, 2.05) is 13.8 Å². The molecule has 0 aromatic heterocycles. The van der Waals surface area contributed by atoms with Crippen molar-refractivity contribution in [1.29, 1.82) is 0 Å². The summed E-state index contributed by atoms with van der Waals surface area (Å²) in [5.74, 6) is -0.768. The molecule has 0 bridgehead atoms. The molecular formula is C41H52O4P2. The average molecular weight is 671 g/mol. The molecular weight excluding hydrogens is 618 g/mol. The number of hydrogen-bond acceptors (Lipinski definition) is 4. The highest BCUT2D eigenvalue weighted by molar-refractivity contribution is 7.68. The lowest BCUT2D eigenvalue weighted by Crippen LogP contribution is -2.42. The Bertz CT molecular complexity index is 1420. The second-order valence-corrected chi connectivity index (χ2v) is 17.8. The Labute approximate surface area is 285 Å². The summed E-state index contributed by atoms with van der Waals surface area (Å²) >= 11 is 0. The van der Waals surface area contributed by atoms with Gasteiger partial charge in [-0.25, -0.2) is 0 Å². The summed E-state index contributed by atoms with van der Waals surface area (Å²) in [6.07, 6.45) is -1.15. The quantitative estimate of drug-likeness (QED) is 0.158. The average Bonchev–Trinajstić information content (AvgIpc) is 3.27. The molecule has 4 nitrogen and oxygen atoms in total. The van der Waals surface area contributed by atoms with Gasteiger partial charge >= 0.3 is 0 Å². The van der Waals surface area contributed by atoms with Crippen LogP contribution in [0.5, 0.6) is 0 Å². The zero-order chi connectivity index (χ0) is 34.2. The summed E-state index contributed by atoms with van der Waals surface area (Å²) in [4.78, 5) is 0. The minimum absolute atomic E-state index is 0.255. The van der Waals surface area contributed by atoms with Crippen LogP contribution >= 0.6 is 16.3 Å².